The first-order valence-corrected chi connectivity index (χ1v) is 5.88. The van der Waals surface area contributed by atoms with E-state index in [0.29, 0.717) is 0 Å². The predicted octanol–water partition coefficient (Wildman–Crippen LogP) is 1.87. The maximum atomic E-state index is 4.48. The Labute approximate surface area is 102 Å². The van der Waals surface area contributed by atoms with Gasteiger partial charge >= 0.3 is 0 Å². The van der Waals surface area contributed by atoms with Gasteiger partial charge in [0.1, 0.15) is 0 Å². The second-order valence-corrected chi connectivity index (χ2v) is 3.81. The van der Waals surface area contributed by atoms with Crippen molar-refractivity contribution in [2.45, 2.75) is 12.8 Å². The molecule has 0 atom stereocenters. The maximum absolute atomic E-state index is 4.48. The minimum Gasteiger partial charge on any atom is -0.261 e. The zero-order valence-corrected chi connectivity index (χ0v) is 9.79. The summed E-state index contributed by atoms with van der Waals surface area (Å²) in [6, 6.07) is 12.0. The first kappa shape index (κ1) is 11.7. The van der Waals surface area contributed by atoms with E-state index in [-0.39, 0.29) is 0 Å². The molecule has 2 rings (SSSR count). The van der Waals surface area contributed by atoms with Gasteiger partial charge in [-0.2, -0.15) is 0 Å². The summed E-state index contributed by atoms with van der Waals surface area (Å²) in [7, 11) is 0. The van der Waals surface area contributed by atoms with Gasteiger partial charge in [0.25, 0.3) is 0 Å². The SMILES string of the molecule is c1ccc(CC[N]CCc2ccccn2)nc1. The van der Waals surface area contributed by atoms with E-state index in [1.54, 1.807) is 0 Å². The third kappa shape index (κ3) is 4.33. The minimum absolute atomic E-state index is 0.837. The van der Waals surface area contributed by atoms with E-state index in [2.05, 4.69) is 15.3 Å². The number of aromatic nitrogens is 2. The van der Waals surface area contributed by atoms with Crippen LogP contribution in [0.1, 0.15) is 11.4 Å². The molecule has 0 aliphatic heterocycles. The van der Waals surface area contributed by atoms with Gasteiger partial charge < -0.3 is 0 Å². The van der Waals surface area contributed by atoms with Gasteiger partial charge in [-0.15, -0.1) is 0 Å². The van der Waals surface area contributed by atoms with Crippen LogP contribution in [-0.4, -0.2) is 23.1 Å². The van der Waals surface area contributed by atoms with Gasteiger partial charge in [-0.1, -0.05) is 12.1 Å². The minimum atomic E-state index is 0.837. The third-order valence-corrected chi connectivity index (χ3v) is 2.50. The topological polar surface area (TPSA) is 39.9 Å². The zero-order chi connectivity index (χ0) is 11.8. The lowest BCUT2D eigenvalue weighted by Crippen LogP contribution is -2.13. The van der Waals surface area contributed by atoms with Crippen LogP contribution in [0.2, 0.25) is 0 Å². The largest absolute Gasteiger partial charge is 0.261 e. The molecule has 0 fully saturated rings. The van der Waals surface area contributed by atoms with Crippen molar-refractivity contribution < 1.29 is 0 Å². The summed E-state index contributed by atoms with van der Waals surface area (Å²) >= 11 is 0. The molecule has 2 heterocycles. The van der Waals surface area contributed by atoms with Crippen molar-refractivity contribution in [3.63, 3.8) is 0 Å². The van der Waals surface area contributed by atoms with E-state index in [9.17, 15) is 0 Å². The van der Waals surface area contributed by atoms with E-state index in [1.807, 2.05) is 48.8 Å². The molecule has 2 aromatic rings. The quantitative estimate of drug-likeness (QED) is 0.705. The number of hydrogen-bond acceptors (Lipinski definition) is 2. The summed E-state index contributed by atoms with van der Waals surface area (Å²) in [5.74, 6) is 0. The molecule has 0 saturated carbocycles. The molecule has 0 aliphatic rings. The highest BCUT2D eigenvalue weighted by molar-refractivity contribution is 5.04. The molecule has 3 nitrogen and oxygen atoms in total. The Hall–Kier alpha value is -1.74. The van der Waals surface area contributed by atoms with Gasteiger partial charge in [-0.25, -0.2) is 5.32 Å². The number of rotatable bonds is 6. The molecule has 87 valence electrons. The maximum Gasteiger partial charge on any atom is 0.0416 e. The van der Waals surface area contributed by atoms with Crippen molar-refractivity contribution in [3.8, 4) is 0 Å². The van der Waals surface area contributed by atoms with Crippen LogP contribution in [0.5, 0.6) is 0 Å². The molecular formula is C14H16N3. The molecule has 0 aliphatic carbocycles. The smallest absolute Gasteiger partial charge is 0.0416 e. The summed E-state index contributed by atoms with van der Waals surface area (Å²) < 4.78 is 0. The second-order valence-electron chi connectivity index (χ2n) is 3.81. The standard InChI is InChI=1S/C14H16N3/c1-3-9-16-13(5-1)7-11-15-12-8-14-6-2-4-10-17-14/h1-6,9-10H,7-8,11-12H2. The fourth-order valence-corrected chi connectivity index (χ4v) is 1.59. The van der Waals surface area contributed by atoms with Gasteiger partial charge in [-0.05, 0) is 24.3 Å². The summed E-state index contributed by atoms with van der Waals surface area (Å²) in [5.41, 5.74) is 2.21. The van der Waals surface area contributed by atoms with Crippen LogP contribution < -0.4 is 5.32 Å². The van der Waals surface area contributed by atoms with Gasteiger partial charge in [-0.3, -0.25) is 9.97 Å². The highest BCUT2D eigenvalue weighted by Crippen LogP contribution is 1.95. The molecule has 2 aromatic heterocycles. The Kier molecular flexibility index (Phi) is 4.67. The number of pyridine rings is 2. The number of hydrogen-bond donors (Lipinski definition) is 0. The highest BCUT2D eigenvalue weighted by atomic mass is 14.9. The molecule has 17 heavy (non-hydrogen) atoms. The lowest BCUT2D eigenvalue weighted by molar-refractivity contribution is 0.656. The van der Waals surface area contributed by atoms with E-state index in [4.69, 9.17) is 0 Å². The van der Waals surface area contributed by atoms with Crippen LogP contribution in [0.3, 0.4) is 0 Å². The van der Waals surface area contributed by atoms with Crippen molar-refractivity contribution in [2.75, 3.05) is 13.1 Å². The average molecular weight is 226 g/mol. The molecular weight excluding hydrogens is 210 g/mol. The van der Waals surface area contributed by atoms with Crippen molar-refractivity contribution >= 4 is 0 Å². The Morgan fingerprint density at radius 2 is 1.29 bits per heavy atom. The normalized spacial score (nSPS) is 10.4. The Morgan fingerprint density at radius 1 is 0.765 bits per heavy atom. The molecule has 0 aromatic carbocycles. The molecule has 0 spiro atoms. The van der Waals surface area contributed by atoms with Crippen molar-refractivity contribution in [1.29, 1.82) is 0 Å². The van der Waals surface area contributed by atoms with Crippen molar-refractivity contribution in [3.05, 3.63) is 60.2 Å². The molecule has 0 bridgehead atoms. The lowest BCUT2D eigenvalue weighted by Gasteiger charge is -2.02. The fraction of sp³-hybridized carbons (Fsp3) is 0.286. The van der Waals surface area contributed by atoms with E-state index < -0.39 is 0 Å². The van der Waals surface area contributed by atoms with Crippen LogP contribution in [0.4, 0.5) is 0 Å². The summed E-state index contributed by atoms with van der Waals surface area (Å²) in [6.07, 6.45) is 5.48. The Balaban J connectivity index is 1.61. The first-order chi connectivity index (χ1) is 8.45. The molecule has 3 heteroatoms. The predicted molar refractivity (Wildman–Crippen MR) is 67.8 cm³/mol. The highest BCUT2D eigenvalue weighted by Gasteiger charge is 1.95. The van der Waals surface area contributed by atoms with Gasteiger partial charge in [0.15, 0.2) is 0 Å². The fourth-order valence-electron chi connectivity index (χ4n) is 1.59. The van der Waals surface area contributed by atoms with E-state index >= 15 is 0 Å². The second kappa shape index (κ2) is 6.76. The Bertz CT molecular complexity index is 372. The average Bonchev–Trinajstić information content (AvgIpc) is 2.41. The first-order valence-electron chi connectivity index (χ1n) is 5.88. The Morgan fingerprint density at radius 3 is 1.71 bits per heavy atom. The van der Waals surface area contributed by atoms with Crippen LogP contribution in [0.15, 0.2) is 48.8 Å². The van der Waals surface area contributed by atoms with Gasteiger partial charge in [0.2, 0.25) is 0 Å². The molecule has 1 radical (unpaired) electrons. The summed E-state index contributed by atoms with van der Waals surface area (Å²) in [4.78, 5) is 8.52. The molecule has 0 saturated heterocycles. The van der Waals surface area contributed by atoms with Crippen LogP contribution in [-0.2, 0) is 12.8 Å². The molecule has 0 N–H and O–H groups in total. The molecule has 0 unspecified atom stereocenters. The number of nitrogens with zero attached hydrogens (tertiary/aromatic N) is 3. The van der Waals surface area contributed by atoms with Gasteiger partial charge in [0, 0.05) is 49.7 Å². The summed E-state index contributed by atoms with van der Waals surface area (Å²) in [6.45, 7) is 1.67. The lowest BCUT2D eigenvalue weighted by atomic mass is 10.2. The zero-order valence-electron chi connectivity index (χ0n) is 9.79. The van der Waals surface area contributed by atoms with Crippen LogP contribution >= 0.6 is 0 Å². The third-order valence-electron chi connectivity index (χ3n) is 2.50. The van der Waals surface area contributed by atoms with E-state index in [0.717, 1.165) is 37.3 Å². The van der Waals surface area contributed by atoms with E-state index in [1.165, 1.54) is 0 Å². The van der Waals surface area contributed by atoms with Gasteiger partial charge in [0.05, 0.1) is 0 Å². The van der Waals surface area contributed by atoms with Crippen molar-refractivity contribution in [1.82, 2.24) is 15.3 Å². The summed E-state index contributed by atoms with van der Waals surface area (Å²) in [5, 5.41) is 4.48. The van der Waals surface area contributed by atoms with Crippen LogP contribution in [0, 0.1) is 0 Å². The van der Waals surface area contributed by atoms with Crippen molar-refractivity contribution in [2.24, 2.45) is 0 Å². The van der Waals surface area contributed by atoms with Crippen LogP contribution in [0.25, 0.3) is 0 Å². The monoisotopic (exact) mass is 226 g/mol. The molecule has 0 amide bonds.